The molecule has 2 aliphatic rings. The third kappa shape index (κ3) is 3.24. The van der Waals surface area contributed by atoms with Gasteiger partial charge in [0.05, 0.1) is 31.8 Å². The Morgan fingerprint density at radius 3 is 2.43 bits per heavy atom. The van der Waals surface area contributed by atoms with Crippen molar-refractivity contribution in [2.45, 2.75) is 39.2 Å². The van der Waals surface area contributed by atoms with Crippen molar-refractivity contribution in [1.82, 2.24) is 0 Å². The lowest BCUT2D eigenvalue weighted by Gasteiger charge is -2.30. The van der Waals surface area contributed by atoms with Gasteiger partial charge in [0.1, 0.15) is 5.75 Å². The number of imide groups is 1. The Kier molecular flexibility index (Phi) is 4.66. The molecule has 2 fully saturated rings. The van der Waals surface area contributed by atoms with Crippen LogP contribution in [0.4, 0.5) is 5.69 Å². The standard InChI is InChI=1S/C18H24N2O3/c1-3-23-15-6-4-14(5-7-15)20-17(21)12-16(18(20)22)19-10-8-13(2)9-11-19/h4-7,13,16H,3,8-12H2,1-2H3/p+1/t16-/m0/s1. The lowest BCUT2D eigenvalue weighted by molar-refractivity contribution is -0.920. The SMILES string of the molecule is CCOc1ccc(N2C(=O)C[C@H]([NH+]3CCC(C)CC3)C2=O)cc1. The predicted octanol–water partition coefficient (Wildman–Crippen LogP) is 1.03. The first kappa shape index (κ1) is 16.0. The van der Waals surface area contributed by atoms with Gasteiger partial charge in [-0.1, -0.05) is 6.92 Å². The second kappa shape index (κ2) is 6.71. The number of nitrogens with one attached hydrogen (secondary N) is 1. The van der Waals surface area contributed by atoms with E-state index in [1.807, 2.05) is 19.1 Å². The van der Waals surface area contributed by atoms with Crippen LogP contribution in [0, 0.1) is 5.92 Å². The van der Waals surface area contributed by atoms with Crippen LogP contribution in [0.1, 0.15) is 33.1 Å². The number of likely N-dealkylation sites (tertiary alicyclic amines) is 1. The third-order valence-electron chi connectivity index (χ3n) is 4.96. The predicted molar refractivity (Wildman–Crippen MR) is 87.6 cm³/mol. The van der Waals surface area contributed by atoms with Gasteiger partial charge in [-0.25, -0.2) is 4.90 Å². The summed E-state index contributed by atoms with van der Waals surface area (Å²) < 4.78 is 5.41. The van der Waals surface area contributed by atoms with Crippen LogP contribution >= 0.6 is 0 Å². The monoisotopic (exact) mass is 317 g/mol. The molecule has 2 saturated heterocycles. The van der Waals surface area contributed by atoms with E-state index in [2.05, 4.69) is 6.92 Å². The van der Waals surface area contributed by atoms with E-state index in [9.17, 15) is 9.59 Å². The maximum absolute atomic E-state index is 12.8. The molecule has 0 saturated carbocycles. The Balaban J connectivity index is 1.73. The number of carbonyl (C=O) groups excluding carboxylic acids is 2. The molecule has 5 nitrogen and oxygen atoms in total. The molecule has 23 heavy (non-hydrogen) atoms. The number of quaternary nitrogens is 1. The molecule has 0 unspecified atom stereocenters. The van der Waals surface area contributed by atoms with Crippen molar-refractivity contribution < 1.29 is 19.2 Å². The molecular formula is C18H25N2O3+. The molecule has 1 aromatic carbocycles. The molecule has 3 rings (SSSR count). The Morgan fingerprint density at radius 1 is 1.17 bits per heavy atom. The normalized spacial score (nSPS) is 28.3. The van der Waals surface area contributed by atoms with Crippen molar-refractivity contribution in [3.05, 3.63) is 24.3 Å². The first-order valence-electron chi connectivity index (χ1n) is 8.54. The van der Waals surface area contributed by atoms with Gasteiger partial charge in [-0.2, -0.15) is 0 Å². The van der Waals surface area contributed by atoms with E-state index in [1.54, 1.807) is 12.1 Å². The van der Waals surface area contributed by atoms with Crippen molar-refractivity contribution in [3.63, 3.8) is 0 Å². The van der Waals surface area contributed by atoms with Gasteiger partial charge in [0, 0.05) is 0 Å². The minimum absolute atomic E-state index is 0.0521. The lowest BCUT2D eigenvalue weighted by atomic mass is 9.97. The lowest BCUT2D eigenvalue weighted by Crippen LogP contribution is -3.17. The molecule has 124 valence electrons. The van der Waals surface area contributed by atoms with Gasteiger partial charge >= 0.3 is 0 Å². The molecule has 0 aliphatic carbocycles. The van der Waals surface area contributed by atoms with E-state index in [1.165, 1.54) is 9.80 Å². The number of amides is 2. The van der Waals surface area contributed by atoms with Crippen LogP contribution in [-0.2, 0) is 9.59 Å². The molecule has 2 heterocycles. The highest BCUT2D eigenvalue weighted by molar-refractivity contribution is 6.21. The van der Waals surface area contributed by atoms with Crippen molar-refractivity contribution in [2.75, 3.05) is 24.6 Å². The number of hydrogen-bond donors (Lipinski definition) is 1. The summed E-state index contributed by atoms with van der Waals surface area (Å²) in [6, 6.07) is 6.99. The van der Waals surface area contributed by atoms with Gasteiger partial charge in [0.25, 0.3) is 5.91 Å². The second-order valence-corrected chi connectivity index (χ2v) is 6.59. The summed E-state index contributed by atoms with van der Waals surface area (Å²) in [7, 11) is 0. The van der Waals surface area contributed by atoms with Crippen molar-refractivity contribution in [2.24, 2.45) is 5.92 Å². The van der Waals surface area contributed by atoms with Gasteiger partial charge in [-0.15, -0.1) is 0 Å². The zero-order valence-corrected chi connectivity index (χ0v) is 13.9. The number of anilines is 1. The minimum Gasteiger partial charge on any atom is -0.494 e. The van der Waals surface area contributed by atoms with Crippen molar-refractivity contribution >= 4 is 17.5 Å². The molecular weight excluding hydrogens is 292 g/mol. The van der Waals surface area contributed by atoms with Gasteiger partial charge in [0.2, 0.25) is 5.91 Å². The van der Waals surface area contributed by atoms with Crippen LogP contribution in [0.2, 0.25) is 0 Å². The van der Waals surface area contributed by atoms with Gasteiger partial charge in [-0.3, -0.25) is 9.59 Å². The first-order chi connectivity index (χ1) is 11.1. The fraction of sp³-hybridized carbons (Fsp3) is 0.556. The number of piperidine rings is 1. The fourth-order valence-electron chi connectivity index (χ4n) is 3.56. The quantitative estimate of drug-likeness (QED) is 0.844. The summed E-state index contributed by atoms with van der Waals surface area (Å²) in [6.07, 6.45) is 2.60. The molecule has 1 N–H and O–H groups in total. The number of ether oxygens (including phenoxy) is 1. The molecule has 2 amide bonds. The Hall–Kier alpha value is -1.88. The summed E-state index contributed by atoms with van der Waals surface area (Å²) in [5.41, 5.74) is 0.649. The maximum atomic E-state index is 12.8. The zero-order chi connectivity index (χ0) is 16.4. The molecule has 2 aliphatic heterocycles. The smallest absolute Gasteiger partial charge is 0.292 e. The highest BCUT2D eigenvalue weighted by Crippen LogP contribution is 2.25. The second-order valence-electron chi connectivity index (χ2n) is 6.59. The zero-order valence-electron chi connectivity index (χ0n) is 13.9. The van der Waals surface area contributed by atoms with E-state index in [0.717, 1.165) is 37.6 Å². The van der Waals surface area contributed by atoms with E-state index in [0.29, 0.717) is 18.7 Å². The molecule has 5 heteroatoms. The Bertz CT molecular complexity index is 576. The highest BCUT2D eigenvalue weighted by Gasteiger charge is 2.46. The number of benzene rings is 1. The fourth-order valence-corrected chi connectivity index (χ4v) is 3.56. The van der Waals surface area contributed by atoms with E-state index in [4.69, 9.17) is 4.74 Å². The van der Waals surface area contributed by atoms with Gasteiger partial charge in [0.15, 0.2) is 6.04 Å². The summed E-state index contributed by atoms with van der Waals surface area (Å²) in [5.74, 6) is 1.34. The molecule has 0 bridgehead atoms. The van der Waals surface area contributed by atoms with Crippen molar-refractivity contribution in [3.8, 4) is 5.75 Å². The minimum atomic E-state index is -0.207. The van der Waals surface area contributed by atoms with Crippen LogP contribution < -0.4 is 14.5 Å². The summed E-state index contributed by atoms with van der Waals surface area (Å²) >= 11 is 0. The van der Waals surface area contributed by atoms with Crippen LogP contribution in [0.5, 0.6) is 5.75 Å². The summed E-state index contributed by atoms with van der Waals surface area (Å²) in [6.45, 7) is 6.75. The molecule has 0 radical (unpaired) electrons. The number of hydrogen-bond acceptors (Lipinski definition) is 3. The maximum Gasteiger partial charge on any atom is 0.292 e. The summed E-state index contributed by atoms with van der Waals surface area (Å²) in [5, 5.41) is 0. The average molecular weight is 317 g/mol. The molecule has 1 aromatic rings. The Labute approximate surface area is 137 Å². The van der Waals surface area contributed by atoms with Gasteiger partial charge < -0.3 is 9.64 Å². The first-order valence-corrected chi connectivity index (χ1v) is 8.54. The van der Waals surface area contributed by atoms with E-state index in [-0.39, 0.29) is 17.9 Å². The number of carbonyl (C=O) groups is 2. The molecule has 0 spiro atoms. The molecule has 1 atom stereocenters. The summed E-state index contributed by atoms with van der Waals surface area (Å²) in [4.78, 5) is 27.8. The van der Waals surface area contributed by atoms with Crippen LogP contribution in [0.25, 0.3) is 0 Å². The van der Waals surface area contributed by atoms with Crippen LogP contribution in [0.15, 0.2) is 24.3 Å². The van der Waals surface area contributed by atoms with Crippen LogP contribution in [-0.4, -0.2) is 37.6 Å². The van der Waals surface area contributed by atoms with Crippen LogP contribution in [0.3, 0.4) is 0 Å². The third-order valence-corrected chi connectivity index (χ3v) is 4.96. The van der Waals surface area contributed by atoms with Crippen molar-refractivity contribution in [1.29, 1.82) is 0 Å². The van der Waals surface area contributed by atoms with E-state index >= 15 is 0 Å². The molecule has 0 aromatic heterocycles. The Morgan fingerprint density at radius 2 is 1.83 bits per heavy atom. The topological polar surface area (TPSA) is 51.0 Å². The number of rotatable bonds is 4. The number of nitrogens with zero attached hydrogens (tertiary/aromatic N) is 1. The highest BCUT2D eigenvalue weighted by atomic mass is 16.5. The van der Waals surface area contributed by atoms with Gasteiger partial charge in [-0.05, 0) is 49.9 Å². The average Bonchev–Trinajstić information content (AvgIpc) is 2.84. The van der Waals surface area contributed by atoms with E-state index < -0.39 is 0 Å². The largest absolute Gasteiger partial charge is 0.494 e.